The number of aliphatic hydroxyl groups is 1. The minimum Gasteiger partial charge on any atom is -0.374 e. The zero-order valence-electron chi connectivity index (χ0n) is 20.2. The molecule has 3 aliphatic rings. The van der Waals surface area contributed by atoms with E-state index in [-0.39, 0.29) is 29.7 Å². The van der Waals surface area contributed by atoms with Gasteiger partial charge in [-0.05, 0) is 31.4 Å². The molecule has 1 unspecified atom stereocenters. The van der Waals surface area contributed by atoms with E-state index < -0.39 is 11.5 Å². The van der Waals surface area contributed by atoms with Gasteiger partial charge in [-0.25, -0.2) is 9.97 Å². The predicted molar refractivity (Wildman–Crippen MR) is 129 cm³/mol. The number of fused-ring (bicyclic) bond motifs is 4. The predicted octanol–water partition coefficient (Wildman–Crippen LogP) is 2.09. The number of H-pyrrole nitrogens is 1. The number of ether oxygens (including phenoxy) is 1. The Bertz CT molecular complexity index is 1390. The molecule has 3 aromatic rings. The Morgan fingerprint density at radius 2 is 2.03 bits per heavy atom. The van der Waals surface area contributed by atoms with Crippen LogP contribution in [0.25, 0.3) is 22.6 Å². The summed E-state index contributed by atoms with van der Waals surface area (Å²) >= 11 is 0. The highest BCUT2D eigenvalue weighted by Crippen LogP contribution is 2.42. The number of primary amides is 1. The maximum atomic E-state index is 12.9. The number of rotatable bonds is 4. The van der Waals surface area contributed by atoms with Gasteiger partial charge in [0, 0.05) is 42.6 Å². The summed E-state index contributed by atoms with van der Waals surface area (Å²) in [5, 5.41) is 18.6. The fourth-order valence-electron chi connectivity index (χ4n) is 5.67. The van der Waals surface area contributed by atoms with Gasteiger partial charge in [0.25, 0.3) is 11.8 Å². The van der Waals surface area contributed by atoms with Crippen LogP contribution >= 0.6 is 0 Å². The van der Waals surface area contributed by atoms with Crippen molar-refractivity contribution in [2.75, 3.05) is 13.6 Å². The number of amides is 2. The summed E-state index contributed by atoms with van der Waals surface area (Å²) in [5.41, 5.74) is 8.20. The second-order valence-electron chi connectivity index (χ2n) is 10.1. The van der Waals surface area contributed by atoms with E-state index in [0.717, 1.165) is 29.7 Å². The third kappa shape index (κ3) is 3.43. The molecule has 2 aromatic heterocycles. The number of carbonyl (C=O) groups is 2. The number of piperidine rings is 1. The lowest BCUT2D eigenvalue weighted by Gasteiger charge is -2.40. The van der Waals surface area contributed by atoms with E-state index >= 15 is 0 Å². The minimum absolute atomic E-state index is 0.106. The number of nitrogens with two attached hydrogens (primary N) is 1. The van der Waals surface area contributed by atoms with E-state index in [0.29, 0.717) is 42.2 Å². The first-order chi connectivity index (χ1) is 17.3. The Morgan fingerprint density at radius 1 is 1.22 bits per heavy atom. The van der Waals surface area contributed by atoms with Crippen molar-refractivity contribution in [2.45, 2.75) is 50.4 Å². The van der Waals surface area contributed by atoms with Crippen molar-refractivity contribution in [3.8, 4) is 22.6 Å². The van der Waals surface area contributed by atoms with E-state index in [2.05, 4.69) is 15.2 Å². The van der Waals surface area contributed by atoms with E-state index in [1.54, 1.807) is 18.0 Å². The highest BCUT2D eigenvalue weighted by molar-refractivity contribution is 5.93. The fraction of sp³-hybridized carbons (Fsp3) is 0.423. The largest absolute Gasteiger partial charge is 0.374 e. The molecule has 2 bridgehead atoms. The Labute approximate surface area is 207 Å². The molecule has 4 N–H and O–H groups in total. The van der Waals surface area contributed by atoms with Gasteiger partial charge < -0.3 is 20.5 Å². The topological polar surface area (TPSA) is 147 Å². The lowest BCUT2D eigenvalue weighted by Crippen LogP contribution is -2.54. The number of likely N-dealkylation sites (N-methyl/N-ethyl adjacent to an activating group) is 1. The van der Waals surface area contributed by atoms with Crippen LogP contribution in [0.2, 0.25) is 0 Å². The monoisotopic (exact) mass is 488 g/mol. The van der Waals surface area contributed by atoms with Gasteiger partial charge in [-0.3, -0.25) is 14.7 Å². The molecule has 10 heteroatoms. The van der Waals surface area contributed by atoms with Crippen LogP contribution in [0.4, 0.5) is 0 Å². The zero-order chi connectivity index (χ0) is 25.2. The zero-order valence-corrected chi connectivity index (χ0v) is 20.2. The second kappa shape index (κ2) is 8.21. The van der Waals surface area contributed by atoms with Crippen LogP contribution in [0, 0.1) is 5.92 Å². The lowest BCUT2D eigenvalue weighted by atomic mass is 9.79. The molecule has 36 heavy (non-hydrogen) atoms. The van der Waals surface area contributed by atoms with Gasteiger partial charge in [0.1, 0.15) is 5.69 Å². The average molecular weight is 489 g/mol. The van der Waals surface area contributed by atoms with Crippen LogP contribution in [0.5, 0.6) is 0 Å². The molecule has 2 amide bonds. The summed E-state index contributed by atoms with van der Waals surface area (Å²) in [6.45, 7) is 2.47. The second-order valence-corrected chi connectivity index (χ2v) is 10.1. The lowest BCUT2D eigenvalue weighted by molar-refractivity contribution is -0.164. The summed E-state index contributed by atoms with van der Waals surface area (Å²) in [4.78, 5) is 36.0. The number of nitrogens with zero attached hydrogens (tertiary/aromatic N) is 4. The Balaban J connectivity index is 1.37. The van der Waals surface area contributed by atoms with Crippen LogP contribution in [0.3, 0.4) is 0 Å². The molecule has 0 spiro atoms. The van der Waals surface area contributed by atoms with Crippen LogP contribution in [-0.4, -0.2) is 61.7 Å². The van der Waals surface area contributed by atoms with Gasteiger partial charge in [0.05, 0.1) is 29.3 Å². The molecule has 1 aromatic carbocycles. The first-order valence-corrected chi connectivity index (χ1v) is 12.3. The van der Waals surface area contributed by atoms with Crippen molar-refractivity contribution in [1.82, 2.24) is 25.1 Å². The summed E-state index contributed by atoms with van der Waals surface area (Å²) < 4.78 is 5.97. The highest BCUT2D eigenvalue weighted by Gasteiger charge is 2.49. The molecule has 3 aliphatic heterocycles. The number of likely N-dealkylation sites (tertiary alicyclic amines) is 1. The van der Waals surface area contributed by atoms with E-state index in [4.69, 9.17) is 15.5 Å². The van der Waals surface area contributed by atoms with E-state index in [9.17, 15) is 14.7 Å². The molecular formula is C26H28N6O4. The fourth-order valence-corrected chi connectivity index (χ4v) is 5.67. The summed E-state index contributed by atoms with van der Waals surface area (Å²) in [5.74, 6) is -0.778. The van der Waals surface area contributed by atoms with Gasteiger partial charge in [-0.2, -0.15) is 5.10 Å². The number of hydrogen-bond acceptors (Lipinski definition) is 7. The molecule has 0 aliphatic carbocycles. The van der Waals surface area contributed by atoms with Crippen LogP contribution in [0.15, 0.2) is 30.3 Å². The standard InChI is InChI=1S/C26H28N6O4/c1-13-8-9-32(2)25(34)26(13,35)20-12-17(30-31-20)14-4-3-5-15(10-14)24-28-18-11-16-6-7-19(36-16)21(18)22(29-24)23(27)33/h3-5,10,12-13,16,19,35H,6-9,11H2,1-2H3,(H2,27,33)(H,30,31)/t13-,16-,19+,26?/m0/s1. The van der Waals surface area contributed by atoms with Crippen molar-refractivity contribution in [2.24, 2.45) is 11.7 Å². The number of carbonyl (C=O) groups excluding carboxylic acids is 2. The molecule has 6 rings (SSSR count). The Hall–Kier alpha value is -3.63. The number of benzene rings is 1. The molecule has 2 fully saturated rings. The maximum absolute atomic E-state index is 12.9. The molecule has 4 atom stereocenters. The van der Waals surface area contributed by atoms with Gasteiger partial charge >= 0.3 is 0 Å². The maximum Gasteiger partial charge on any atom is 0.267 e. The van der Waals surface area contributed by atoms with Crippen molar-refractivity contribution < 1.29 is 19.4 Å². The smallest absolute Gasteiger partial charge is 0.267 e. The summed E-state index contributed by atoms with van der Waals surface area (Å²) in [6.07, 6.45) is 3.00. The number of aromatic amines is 1. The SMILES string of the molecule is C[C@H]1CCN(C)C(=O)C1(O)c1cc(-c2cccc(-c3nc4c(c(C(N)=O)n3)[C@H]3CC[C@@H](C4)O3)c2)n[nH]1. The van der Waals surface area contributed by atoms with Crippen molar-refractivity contribution in [3.05, 3.63) is 53.0 Å². The molecule has 0 radical (unpaired) electrons. The number of nitrogens with one attached hydrogen (secondary N) is 1. The first kappa shape index (κ1) is 22.8. The molecular weight excluding hydrogens is 460 g/mol. The quantitative estimate of drug-likeness (QED) is 0.509. The number of aromatic nitrogens is 4. The van der Waals surface area contributed by atoms with Gasteiger partial charge in [0.15, 0.2) is 11.4 Å². The normalized spacial score (nSPS) is 27.2. The van der Waals surface area contributed by atoms with Gasteiger partial charge in [0.2, 0.25) is 0 Å². The summed E-state index contributed by atoms with van der Waals surface area (Å²) in [7, 11) is 1.69. The van der Waals surface area contributed by atoms with Crippen molar-refractivity contribution in [1.29, 1.82) is 0 Å². The Kier molecular flexibility index (Phi) is 5.20. The van der Waals surface area contributed by atoms with E-state index in [1.807, 2.05) is 31.2 Å². The first-order valence-electron chi connectivity index (χ1n) is 12.3. The third-order valence-electron chi connectivity index (χ3n) is 7.80. The molecule has 5 heterocycles. The van der Waals surface area contributed by atoms with Crippen molar-refractivity contribution in [3.63, 3.8) is 0 Å². The van der Waals surface area contributed by atoms with Crippen LogP contribution in [0.1, 0.15) is 59.7 Å². The molecule has 0 saturated carbocycles. The Morgan fingerprint density at radius 3 is 2.83 bits per heavy atom. The molecule has 186 valence electrons. The summed E-state index contributed by atoms with van der Waals surface area (Å²) in [6, 6.07) is 9.20. The van der Waals surface area contributed by atoms with Gasteiger partial charge in [-0.1, -0.05) is 25.1 Å². The van der Waals surface area contributed by atoms with Crippen LogP contribution in [-0.2, 0) is 21.6 Å². The van der Waals surface area contributed by atoms with E-state index in [1.165, 1.54) is 0 Å². The average Bonchev–Trinajstić information content (AvgIpc) is 3.52. The third-order valence-corrected chi connectivity index (χ3v) is 7.80. The molecule has 10 nitrogen and oxygen atoms in total. The van der Waals surface area contributed by atoms with Crippen LogP contribution < -0.4 is 5.73 Å². The van der Waals surface area contributed by atoms with Crippen molar-refractivity contribution >= 4 is 11.8 Å². The van der Waals surface area contributed by atoms with Gasteiger partial charge in [-0.15, -0.1) is 0 Å². The molecule has 2 saturated heterocycles. The highest BCUT2D eigenvalue weighted by atomic mass is 16.5. The minimum atomic E-state index is -1.66. The number of hydrogen-bond donors (Lipinski definition) is 3.